The van der Waals surface area contributed by atoms with Crippen molar-refractivity contribution in [3.63, 3.8) is 0 Å². The first-order chi connectivity index (χ1) is 8.20. The van der Waals surface area contributed by atoms with Crippen LogP contribution in [0.25, 0.3) is 0 Å². The average molecular weight is 272 g/mol. The van der Waals surface area contributed by atoms with E-state index in [1.54, 1.807) is 0 Å². The molecule has 0 aliphatic rings. The lowest BCUT2D eigenvalue weighted by molar-refractivity contribution is 0.311. The summed E-state index contributed by atoms with van der Waals surface area (Å²) < 4.78 is 5.85. The molecule has 0 N–H and O–H groups in total. The van der Waals surface area contributed by atoms with Gasteiger partial charge in [-0.15, -0.1) is 11.1 Å². The van der Waals surface area contributed by atoms with Crippen LogP contribution in [0.3, 0.4) is 0 Å². The van der Waals surface area contributed by atoms with Gasteiger partial charge in [-0.1, -0.05) is 19.9 Å². The molecular weight excluding hydrogens is 250 g/mol. The second-order valence-corrected chi connectivity index (χ2v) is 9.59. The molecule has 1 heterocycles. The van der Waals surface area contributed by atoms with Gasteiger partial charge in [0.1, 0.15) is 0 Å². The van der Waals surface area contributed by atoms with Crippen molar-refractivity contribution in [2.24, 2.45) is 0 Å². The van der Waals surface area contributed by atoms with Crippen LogP contribution < -0.4 is 0 Å². The number of hydrogen-bond acceptors (Lipinski definition) is 2. The summed E-state index contributed by atoms with van der Waals surface area (Å²) >= 11 is 6.56. The van der Waals surface area contributed by atoms with E-state index in [9.17, 15) is 0 Å². The first kappa shape index (κ1) is 14.7. The monoisotopic (exact) mass is 271 g/mol. The van der Waals surface area contributed by atoms with Gasteiger partial charge >= 0.3 is 0 Å². The minimum absolute atomic E-state index is 0.799. The minimum atomic E-state index is -1.95. The van der Waals surface area contributed by atoms with Gasteiger partial charge in [0.05, 0.1) is 0 Å². The highest BCUT2D eigenvalue weighted by molar-refractivity contribution is 7.16. The van der Waals surface area contributed by atoms with E-state index in [0.717, 1.165) is 43.7 Å². The predicted molar refractivity (Wildman–Crippen MR) is 75.7 cm³/mol. The quantitative estimate of drug-likeness (QED) is 0.524. The molecule has 0 aliphatic carbocycles. The predicted octanol–water partition coefficient (Wildman–Crippen LogP) is 4.14. The summed E-state index contributed by atoms with van der Waals surface area (Å²) in [7, 11) is -1.95. The molecule has 1 unspecified atom stereocenters. The smallest absolute Gasteiger partial charge is 0.289 e. The molecule has 1 aromatic heterocycles. The van der Waals surface area contributed by atoms with E-state index in [1.165, 1.54) is 0 Å². The lowest BCUT2D eigenvalue weighted by Gasteiger charge is -2.22. The summed E-state index contributed by atoms with van der Waals surface area (Å²) in [6.07, 6.45) is 4.96. The molecule has 1 aromatic rings. The van der Waals surface area contributed by atoms with Gasteiger partial charge in [-0.3, -0.25) is 4.98 Å². The maximum absolute atomic E-state index is 6.56. The van der Waals surface area contributed by atoms with Crippen LogP contribution in [-0.4, -0.2) is 19.2 Å². The number of halogens is 1. The van der Waals surface area contributed by atoms with E-state index in [-0.39, 0.29) is 0 Å². The number of aromatic nitrogens is 1. The third-order valence-electron chi connectivity index (χ3n) is 2.80. The lowest BCUT2D eigenvalue weighted by atomic mass is 10.2. The second-order valence-electron chi connectivity index (χ2n) is 4.26. The molecule has 0 spiro atoms. The molecule has 0 saturated heterocycles. The molecule has 0 fully saturated rings. The third kappa shape index (κ3) is 5.66. The standard InChI is InChI=1S/C13H22ClNOSi/c1-3-11-16-17(14,4-2)12-7-9-13-8-5-6-10-15-13/h5-6,8,10H,3-4,7,9,11-12H2,1-2H3. The van der Waals surface area contributed by atoms with Gasteiger partial charge in [0.15, 0.2) is 0 Å². The average Bonchev–Trinajstić information content (AvgIpc) is 2.38. The number of pyridine rings is 1. The fourth-order valence-corrected chi connectivity index (χ4v) is 4.32. The Bertz CT molecular complexity index is 310. The molecule has 2 nitrogen and oxygen atoms in total. The lowest BCUT2D eigenvalue weighted by Crippen LogP contribution is -2.31. The molecule has 96 valence electrons. The van der Waals surface area contributed by atoms with Gasteiger partial charge in [-0.25, -0.2) is 0 Å². The Hall–Kier alpha value is -0.383. The molecule has 4 heteroatoms. The van der Waals surface area contributed by atoms with Crippen LogP contribution in [0.1, 0.15) is 32.4 Å². The van der Waals surface area contributed by atoms with Gasteiger partial charge in [-0.2, -0.15) is 0 Å². The highest BCUT2D eigenvalue weighted by Crippen LogP contribution is 2.24. The van der Waals surface area contributed by atoms with E-state index in [0.29, 0.717) is 0 Å². The number of hydrogen-bond donors (Lipinski definition) is 0. The van der Waals surface area contributed by atoms with Crippen LogP contribution in [0.2, 0.25) is 12.1 Å². The zero-order chi connectivity index (χ0) is 12.6. The van der Waals surface area contributed by atoms with Crippen molar-refractivity contribution < 1.29 is 4.43 Å². The summed E-state index contributed by atoms with van der Waals surface area (Å²) in [6, 6.07) is 8.04. The SMILES string of the molecule is CCCO[Si](Cl)(CC)CCCc1ccccn1. The summed E-state index contributed by atoms with van der Waals surface area (Å²) in [5, 5.41) is 0. The summed E-state index contributed by atoms with van der Waals surface area (Å²) in [6.45, 7) is 5.05. The number of rotatable bonds is 8. The van der Waals surface area contributed by atoms with Crippen LogP contribution in [0, 0.1) is 0 Å². The van der Waals surface area contributed by atoms with Crippen molar-refractivity contribution in [1.29, 1.82) is 0 Å². The summed E-state index contributed by atoms with van der Waals surface area (Å²) in [5.74, 6) is 0. The van der Waals surface area contributed by atoms with Crippen LogP contribution in [0.4, 0.5) is 0 Å². The van der Waals surface area contributed by atoms with Crippen LogP contribution in [0.15, 0.2) is 24.4 Å². The number of aryl methyl sites for hydroxylation is 1. The molecule has 1 atom stereocenters. The highest BCUT2D eigenvalue weighted by atomic mass is 35.6. The Morgan fingerprint density at radius 1 is 1.35 bits per heavy atom. The second kappa shape index (κ2) is 7.85. The molecular formula is C13H22ClNOSi. The van der Waals surface area contributed by atoms with E-state index in [4.69, 9.17) is 15.5 Å². The fraction of sp³-hybridized carbons (Fsp3) is 0.615. The molecule has 1 rings (SSSR count). The van der Waals surface area contributed by atoms with Gasteiger partial charge in [0.25, 0.3) is 7.63 Å². The summed E-state index contributed by atoms with van der Waals surface area (Å²) in [4.78, 5) is 4.32. The maximum Gasteiger partial charge on any atom is 0.289 e. The molecule has 0 bridgehead atoms. The van der Waals surface area contributed by atoms with Crippen LogP contribution >= 0.6 is 11.1 Å². The summed E-state index contributed by atoms with van der Waals surface area (Å²) in [5.41, 5.74) is 1.15. The Morgan fingerprint density at radius 2 is 2.18 bits per heavy atom. The largest absolute Gasteiger partial charge is 0.403 e. The van der Waals surface area contributed by atoms with Crippen molar-refractivity contribution in [1.82, 2.24) is 4.98 Å². The Labute approximate surface area is 110 Å². The Balaban J connectivity index is 2.32. The van der Waals surface area contributed by atoms with E-state index < -0.39 is 7.63 Å². The molecule has 0 amide bonds. The van der Waals surface area contributed by atoms with Crippen molar-refractivity contribution in [3.8, 4) is 0 Å². The third-order valence-corrected chi connectivity index (χ3v) is 7.38. The van der Waals surface area contributed by atoms with E-state index in [2.05, 4.69) is 24.9 Å². The molecule has 17 heavy (non-hydrogen) atoms. The maximum atomic E-state index is 6.56. The zero-order valence-electron chi connectivity index (χ0n) is 10.8. The van der Waals surface area contributed by atoms with Gasteiger partial charge < -0.3 is 4.43 Å². The fourth-order valence-electron chi connectivity index (χ4n) is 1.72. The molecule has 0 saturated carbocycles. The van der Waals surface area contributed by atoms with Gasteiger partial charge in [0, 0.05) is 18.5 Å². The number of nitrogens with zero attached hydrogens (tertiary/aromatic N) is 1. The van der Waals surface area contributed by atoms with Crippen LogP contribution in [0.5, 0.6) is 0 Å². The molecule has 0 aliphatic heterocycles. The topological polar surface area (TPSA) is 22.1 Å². The van der Waals surface area contributed by atoms with E-state index >= 15 is 0 Å². The van der Waals surface area contributed by atoms with Gasteiger partial charge in [-0.05, 0) is 43.5 Å². The Morgan fingerprint density at radius 3 is 2.76 bits per heavy atom. The Kier molecular flexibility index (Phi) is 6.78. The first-order valence-electron chi connectivity index (χ1n) is 6.43. The minimum Gasteiger partial charge on any atom is -0.403 e. The first-order valence-corrected chi connectivity index (χ1v) is 9.76. The van der Waals surface area contributed by atoms with Crippen LogP contribution in [-0.2, 0) is 10.8 Å². The van der Waals surface area contributed by atoms with Crippen molar-refractivity contribution >= 4 is 18.7 Å². The van der Waals surface area contributed by atoms with Crippen molar-refractivity contribution in [2.75, 3.05) is 6.61 Å². The van der Waals surface area contributed by atoms with Crippen molar-refractivity contribution in [3.05, 3.63) is 30.1 Å². The highest BCUT2D eigenvalue weighted by Gasteiger charge is 2.29. The molecule has 0 radical (unpaired) electrons. The van der Waals surface area contributed by atoms with Gasteiger partial charge in [0.2, 0.25) is 0 Å². The molecule has 0 aromatic carbocycles. The normalized spacial score (nSPS) is 14.5. The van der Waals surface area contributed by atoms with E-state index in [1.807, 2.05) is 18.3 Å². The van der Waals surface area contributed by atoms with Crippen molar-refractivity contribution in [2.45, 2.75) is 45.2 Å². The zero-order valence-corrected chi connectivity index (χ0v) is 12.5.